The summed E-state index contributed by atoms with van der Waals surface area (Å²) in [5.41, 5.74) is -3.23. The Balaban J connectivity index is 1.00. The van der Waals surface area contributed by atoms with Crippen LogP contribution in [0.2, 0.25) is 0 Å². The van der Waals surface area contributed by atoms with Crippen molar-refractivity contribution in [2.75, 3.05) is 13.2 Å². The molecular formula is C48H74O19. The highest BCUT2D eigenvalue weighted by molar-refractivity contribution is 5.93. The number of fused-ring (bicyclic) bond motifs is 7. The molecule has 0 aromatic heterocycles. The van der Waals surface area contributed by atoms with Gasteiger partial charge in [-0.1, -0.05) is 60.1 Å². The van der Waals surface area contributed by atoms with Crippen molar-refractivity contribution in [2.24, 2.45) is 50.2 Å². The topological polar surface area (TPSA) is 309 Å². The number of hydrogen-bond donors (Lipinski definition) is 10. The van der Waals surface area contributed by atoms with Gasteiger partial charge in [0, 0.05) is 29.6 Å². The van der Waals surface area contributed by atoms with Gasteiger partial charge in [-0.3, -0.25) is 14.4 Å². The molecule has 23 unspecified atom stereocenters. The first kappa shape index (κ1) is 51.3. The fourth-order valence-corrected chi connectivity index (χ4v) is 14.5. The van der Waals surface area contributed by atoms with Crippen LogP contribution in [0.15, 0.2) is 11.6 Å². The largest absolute Gasteiger partial charge is 0.432 e. The third-order valence-corrected chi connectivity index (χ3v) is 18.9. The third kappa shape index (κ3) is 7.84. The number of carbonyl (C=O) groups is 3. The number of aliphatic hydroxyl groups excluding tert-OH is 10. The van der Waals surface area contributed by atoms with E-state index in [0.29, 0.717) is 19.3 Å². The van der Waals surface area contributed by atoms with Crippen LogP contribution in [0.4, 0.5) is 0 Å². The molecule has 0 aromatic rings. The first-order valence-electron chi connectivity index (χ1n) is 24.1. The first-order valence-corrected chi connectivity index (χ1v) is 24.1. The van der Waals surface area contributed by atoms with Gasteiger partial charge in [-0.05, 0) is 73.5 Å². The van der Waals surface area contributed by atoms with E-state index >= 15 is 0 Å². The molecule has 0 bridgehead atoms. The second-order valence-electron chi connectivity index (χ2n) is 23.2. The molecule has 380 valence electrons. The summed E-state index contributed by atoms with van der Waals surface area (Å²) in [5, 5.41) is 109. The van der Waals surface area contributed by atoms with E-state index in [1.807, 2.05) is 33.8 Å². The fourth-order valence-electron chi connectivity index (χ4n) is 14.5. The summed E-state index contributed by atoms with van der Waals surface area (Å²) >= 11 is 0. The smallest absolute Gasteiger partial charge is 0.315 e. The zero-order valence-corrected chi connectivity index (χ0v) is 39.8. The Bertz CT molecular complexity index is 1940. The van der Waals surface area contributed by atoms with E-state index in [0.717, 1.165) is 18.4 Å². The van der Waals surface area contributed by atoms with E-state index in [9.17, 15) is 65.4 Å². The van der Waals surface area contributed by atoms with Gasteiger partial charge in [0.2, 0.25) is 6.29 Å². The number of ketones is 2. The van der Waals surface area contributed by atoms with E-state index in [1.54, 1.807) is 0 Å². The summed E-state index contributed by atoms with van der Waals surface area (Å²) in [6.07, 6.45) is -20.6. The summed E-state index contributed by atoms with van der Waals surface area (Å²) in [5.74, 6) is -1.43. The van der Waals surface area contributed by atoms with Gasteiger partial charge in [0.05, 0.1) is 30.8 Å². The molecule has 67 heavy (non-hydrogen) atoms. The van der Waals surface area contributed by atoms with Gasteiger partial charge < -0.3 is 79.5 Å². The summed E-state index contributed by atoms with van der Waals surface area (Å²) < 4.78 is 34.4. The SMILES string of the molecule is CC1OC(OC2C(CO)OC(OCC3OC(OC(=O)C45CCC6(C)C(=CC(O)C7C8(C)CCC(=O)C(C)(C)C8CCC76C)C4CC(C)(C)C(=O)C5)C(O)C(O)C3O)C(O)C2O)C(O)C(O)C1O. The van der Waals surface area contributed by atoms with E-state index in [2.05, 4.69) is 20.8 Å². The summed E-state index contributed by atoms with van der Waals surface area (Å²) in [4.78, 5) is 42.2. The average molecular weight is 955 g/mol. The van der Waals surface area contributed by atoms with Crippen LogP contribution < -0.4 is 0 Å². The van der Waals surface area contributed by atoms with Crippen molar-refractivity contribution < 1.29 is 93.9 Å². The number of esters is 1. The Morgan fingerprint density at radius 1 is 0.716 bits per heavy atom. The van der Waals surface area contributed by atoms with Gasteiger partial charge in [0.1, 0.15) is 78.7 Å². The van der Waals surface area contributed by atoms with Crippen LogP contribution in [0.3, 0.4) is 0 Å². The Morgan fingerprint density at radius 3 is 2.01 bits per heavy atom. The van der Waals surface area contributed by atoms with Crippen LogP contribution in [0.5, 0.6) is 0 Å². The van der Waals surface area contributed by atoms with E-state index < -0.39 is 150 Å². The minimum atomic E-state index is -1.96. The maximum atomic E-state index is 15.0. The lowest BCUT2D eigenvalue weighted by atomic mass is 9.33. The number of Topliss-reactive ketones (excluding diaryl/α,β-unsaturated/α-hetero) is 2. The van der Waals surface area contributed by atoms with Crippen molar-refractivity contribution in [2.45, 2.75) is 205 Å². The molecule has 4 saturated carbocycles. The number of hydrogen-bond acceptors (Lipinski definition) is 19. The second kappa shape index (κ2) is 17.6. The van der Waals surface area contributed by atoms with Crippen LogP contribution in [0.1, 0.15) is 107 Å². The minimum absolute atomic E-state index is 0.0768. The molecule has 3 saturated heterocycles. The number of allylic oxidation sites excluding steroid dienone is 1. The molecule has 0 aromatic carbocycles. The molecule has 10 N–H and O–H groups in total. The summed E-state index contributed by atoms with van der Waals surface area (Å²) in [6.45, 7) is 14.4. The Labute approximate surface area is 390 Å². The quantitative estimate of drug-likeness (QED) is 0.109. The maximum Gasteiger partial charge on any atom is 0.315 e. The summed E-state index contributed by atoms with van der Waals surface area (Å²) in [6, 6.07) is 0. The lowest BCUT2D eigenvalue weighted by Crippen LogP contribution is -2.68. The normalized spacial score (nSPS) is 52.7. The molecule has 19 heteroatoms. The average Bonchev–Trinajstić information content (AvgIpc) is 3.26. The first-order chi connectivity index (χ1) is 31.1. The van der Waals surface area contributed by atoms with E-state index in [-0.39, 0.29) is 48.1 Å². The van der Waals surface area contributed by atoms with Crippen molar-refractivity contribution in [1.82, 2.24) is 0 Å². The molecule has 5 aliphatic carbocycles. The Kier molecular flexibility index (Phi) is 13.5. The highest BCUT2D eigenvalue weighted by atomic mass is 16.8. The molecule has 8 aliphatic rings. The zero-order chi connectivity index (χ0) is 49.3. The van der Waals surface area contributed by atoms with Crippen molar-refractivity contribution in [1.29, 1.82) is 0 Å². The monoisotopic (exact) mass is 954 g/mol. The van der Waals surface area contributed by atoms with Crippen LogP contribution in [0, 0.1) is 50.2 Å². The van der Waals surface area contributed by atoms with Crippen molar-refractivity contribution in [3.8, 4) is 0 Å². The van der Waals surface area contributed by atoms with E-state index in [1.165, 1.54) is 6.92 Å². The molecule has 8 rings (SSSR count). The Hall–Kier alpha value is -2.05. The predicted molar refractivity (Wildman–Crippen MR) is 230 cm³/mol. The van der Waals surface area contributed by atoms with Gasteiger partial charge >= 0.3 is 5.97 Å². The molecule has 3 aliphatic heterocycles. The van der Waals surface area contributed by atoms with Gasteiger partial charge in [-0.2, -0.15) is 0 Å². The van der Waals surface area contributed by atoms with Crippen LogP contribution in [-0.4, -0.2) is 180 Å². The highest BCUT2D eigenvalue weighted by Crippen LogP contribution is 2.75. The highest BCUT2D eigenvalue weighted by Gasteiger charge is 2.72. The molecular weight excluding hydrogens is 881 g/mol. The van der Waals surface area contributed by atoms with Crippen molar-refractivity contribution in [3.63, 3.8) is 0 Å². The van der Waals surface area contributed by atoms with Crippen LogP contribution in [-0.2, 0) is 42.8 Å². The molecule has 7 fully saturated rings. The van der Waals surface area contributed by atoms with Gasteiger partial charge in [0.15, 0.2) is 12.6 Å². The minimum Gasteiger partial charge on any atom is -0.432 e. The number of carbonyl (C=O) groups excluding carboxylic acids is 3. The van der Waals surface area contributed by atoms with E-state index in [4.69, 9.17) is 28.4 Å². The third-order valence-electron chi connectivity index (χ3n) is 18.9. The van der Waals surface area contributed by atoms with Gasteiger partial charge in [0.25, 0.3) is 0 Å². The maximum absolute atomic E-state index is 15.0. The number of aliphatic hydroxyl groups is 10. The molecule has 0 amide bonds. The molecule has 0 radical (unpaired) electrons. The van der Waals surface area contributed by atoms with Crippen molar-refractivity contribution >= 4 is 17.5 Å². The summed E-state index contributed by atoms with van der Waals surface area (Å²) in [7, 11) is 0. The Morgan fingerprint density at radius 2 is 1.34 bits per heavy atom. The lowest BCUT2D eigenvalue weighted by Gasteiger charge is -2.71. The number of rotatable bonds is 8. The molecule has 3 heterocycles. The number of ether oxygens (including phenoxy) is 6. The van der Waals surface area contributed by atoms with Gasteiger partial charge in [-0.15, -0.1) is 0 Å². The lowest BCUT2D eigenvalue weighted by molar-refractivity contribution is -0.361. The fraction of sp³-hybridized carbons (Fsp3) is 0.896. The van der Waals surface area contributed by atoms with Crippen LogP contribution >= 0.6 is 0 Å². The van der Waals surface area contributed by atoms with Crippen LogP contribution in [0.25, 0.3) is 0 Å². The molecule has 0 spiro atoms. The second-order valence-corrected chi connectivity index (χ2v) is 23.2. The van der Waals surface area contributed by atoms with Gasteiger partial charge in [-0.25, -0.2) is 0 Å². The molecule has 23 atom stereocenters. The van der Waals surface area contributed by atoms with Crippen molar-refractivity contribution in [3.05, 3.63) is 11.6 Å². The standard InChI is InChI=1S/C48H74O19/c1-20-29(53)31(55)34(58)40(63-20)66-37-24(18-49)64-39(36(60)33(37)57)62-19-25-30(54)32(56)35(59)41(65-25)67-42(61)48-14-13-46(7)21(22(48)16-43(2,3)28(52)17-48)15-23(50)38-45(6)11-10-27(51)44(4,5)26(45)9-12-47(38,46)8/h15,20,22-26,29-41,49-50,53-60H,9-14,16-19H2,1-8H3. The zero-order valence-electron chi connectivity index (χ0n) is 39.8. The molecule has 19 nitrogen and oxygen atoms in total. The predicted octanol–water partition coefficient (Wildman–Crippen LogP) is -0.474.